The first-order chi connectivity index (χ1) is 9.08. The van der Waals surface area contributed by atoms with Gasteiger partial charge in [-0.3, -0.25) is 9.69 Å². The number of carboxylic acid groups (broad SMARTS) is 1. The molecule has 0 aliphatic carbocycles. The summed E-state index contributed by atoms with van der Waals surface area (Å²) in [5.41, 5.74) is 4.92. The number of carboxylic acids is 1. The van der Waals surface area contributed by atoms with Gasteiger partial charge in [0, 0.05) is 13.1 Å². The topological polar surface area (TPSA) is 75.8 Å². The van der Waals surface area contributed by atoms with Gasteiger partial charge < -0.3 is 15.6 Å². The highest BCUT2D eigenvalue weighted by atomic mass is 16.5. The van der Waals surface area contributed by atoms with Gasteiger partial charge in [-0.1, -0.05) is 19.2 Å². The Hall–Kier alpha value is -0.585. The van der Waals surface area contributed by atoms with Crippen molar-refractivity contribution in [1.29, 1.82) is 0 Å². The number of aliphatic carboxylic acids is 1. The molecule has 3 N–H and O–H groups in total. The van der Waals surface area contributed by atoms with E-state index in [0.717, 1.165) is 52.1 Å². The van der Waals surface area contributed by atoms with Crippen LogP contribution in [0, 0.1) is 0 Å². The van der Waals surface area contributed by atoms with Crippen molar-refractivity contribution in [2.45, 2.75) is 44.0 Å². The average Bonchev–Trinajstić information content (AvgIpc) is 2.40. The molecule has 5 nitrogen and oxygen atoms in total. The van der Waals surface area contributed by atoms with Crippen LogP contribution in [0.4, 0.5) is 0 Å². The molecule has 0 saturated carbocycles. The lowest BCUT2D eigenvalue weighted by Crippen LogP contribution is -2.48. The number of carbonyl (C=O) groups is 1. The van der Waals surface area contributed by atoms with Gasteiger partial charge in [-0.2, -0.15) is 0 Å². The van der Waals surface area contributed by atoms with E-state index in [0.29, 0.717) is 19.2 Å². The van der Waals surface area contributed by atoms with E-state index in [4.69, 9.17) is 18.3 Å². The summed E-state index contributed by atoms with van der Waals surface area (Å²) in [7, 11) is 5.42. The van der Waals surface area contributed by atoms with Gasteiger partial charge in [-0.15, -0.1) is 0 Å². The van der Waals surface area contributed by atoms with Gasteiger partial charge in [0.05, 0.1) is 21.1 Å². The van der Waals surface area contributed by atoms with Gasteiger partial charge in [0.15, 0.2) is 0 Å². The van der Waals surface area contributed by atoms with Crippen molar-refractivity contribution in [3.63, 3.8) is 0 Å². The van der Waals surface area contributed by atoms with Crippen molar-refractivity contribution >= 4 is 13.8 Å². The lowest BCUT2D eigenvalue weighted by molar-refractivity contribution is -0.144. The van der Waals surface area contributed by atoms with E-state index >= 15 is 0 Å². The molecular weight excluding hydrogens is 243 g/mol. The molecule has 0 aromatic heterocycles. The molecule has 0 aromatic rings. The Morgan fingerprint density at radius 2 is 1.89 bits per heavy atom. The van der Waals surface area contributed by atoms with Crippen LogP contribution in [0.5, 0.6) is 0 Å². The normalized spacial score (nSPS) is 20.1. The maximum atomic E-state index is 11.3. The Labute approximate surface area is 116 Å². The predicted octanol–water partition coefficient (Wildman–Crippen LogP) is 0.638. The van der Waals surface area contributed by atoms with Crippen molar-refractivity contribution in [2.24, 2.45) is 5.73 Å². The lowest BCUT2D eigenvalue weighted by Gasteiger charge is -2.29. The van der Waals surface area contributed by atoms with Crippen LogP contribution in [0.3, 0.4) is 0 Å². The van der Waals surface area contributed by atoms with E-state index in [1.807, 2.05) is 0 Å². The Bertz CT molecular complexity index is 273. The SMILES string of the molecule is [B]CCCCC(N)(CCCN1CCOCC1)C(=O)O. The molecule has 1 atom stereocenters. The number of morpholine rings is 1. The van der Waals surface area contributed by atoms with Crippen molar-refractivity contribution in [2.75, 3.05) is 32.8 Å². The minimum atomic E-state index is -1.10. The zero-order valence-electron chi connectivity index (χ0n) is 11.6. The van der Waals surface area contributed by atoms with Crippen LogP contribution in [0.2, 0.25) is 6.32 Å². The molecule has 0 amide bonds. The summed E-state index contributed by atoms with van der Waals surface area (Å²) >= 11 is 0. The molecule has 1 aliphatic heterocycles. The fourth-order valence-electron chi connectivity index (χ4n) is 2.37. The minimum Gasteiger partial charge on any atom is -0.480 e. The first-order valence-electron chi connectivity index (χ1n) is 7.11. The molecule has 108 valence electrons. The van der Waals surface area contributed by atoms with Crippen LogP contribution in [0.1, 0.15) is 32.1 Å². The van der Waals surface area contributed by atoms with Crippen LogP contribution in [0.25, 0.3) is 0 Å². The Morgan fingerprint density at radius 1 is 1.26 bits per heavy atom. The number of hydrogen-bond acceptors (Lipinski definition) is 4. The summed E-state index contributed by atoms with van der Waals surface area (Å²) in [5.74, 6) is -0.897. The molecule has 0 bridgehead atoms. The second-order valence-electron chi connectivity index (χ2n) is 5.26. The van der Waals surface area contributed by atoms with Crippen LogP contribution >= 0.6 is 0 Å². The fraction of sp³-hybridized carbons (Fsp3) is 0.923. The summed E-state index contributed by atoms with van der Waals surface area (Å²) < 4.78 is 5.28. The number of nitrogens with zero attached hydrogens (tertiary/aromatic N) is 1. The third-order valence-corrected chi connectivity index (χ3v) is 3.70. The summed E-state index contributed by atoms with van der Waals surface area (Å²) in [6, 6.07) is 0. The zero-order valence-corrected chi connectivity index (χ0v) is 11.6. The third-order valence-electron chi connectivity index (χ3n) is 3.70. The summed E-state index contributed by atoms with van der Waals surface area (Å²) in [5, 5.41) is 9.28. The zero-order chi connectivity index (χ0) is 14.1. The second kappa shape index (κ2) is 8.56. The molecule has 1 fully saturated rings. The number of ether oxygens (including phenoxy) is 1. The number of hydrogen-bond donors (Lipinski definition) is 2. The van der Waals surface area contributed by atoms with E-state index in [1.165, 1.54) is 0 Å². The molecule has 6 heteroatoms. The van der Waals surface area contributed by atoms with Crippen LogP contribution in [0.15, 0.2) is 0 Å². The molecule has 19 heavy (non-hydrogen) atoms. The first-order valence-corrected chi connectivity index (χ1v) is 7.11. The molecule has 1 rings (SSSR count). The third kappa shape index (κ3) is 5.93. The van der Waals surface area contributed by atoms with E-state index < -0.39 is 11.5 Å². The van der Waals surface area contributed by atoms with Crippen LogP contribution in [-0.2, 0) is 9.53 Å². The second-order valence-corrected chi connectivity index (χ2v) is 5.26. The van der Waals surface area contributed by atoms with Gasteiger partial charge >= 0.3 is 5.97 Å². The van der Waals surface area contributed by atoms with Crippen molar-refractivity contribution < 1.29 is 14.6 Å². The number of rotatable bonds is 9. The molecule has 0 spiro atoms. The van der Waals surface area contributed by atoms with Crippen molar-refractivity contribution in [3.8, 4) is 0 Å². The Kier molecular flexibility index (Phi) is 7.42. The highest BCUT2D eigenvalue weighted by molar-refractivity contribution is 6.08. The Balaban J connectivity index is 2.29. The van der Waals surface area contributed by atoms with Crippen molar-refractivity contribution in [1.82, 2.24) is 4.90 Å². The van der Waals surface area contributed by atoms with Gasteiger partial charge in [-0.05, 0) is 25.8 Å². The highest BCUT2D eigenvalue weighted by Gasteiger charge is 2.32. The van der Waals surface area contributed by atoms with Gasteiger partial charge in [0.2, 0.25) is 0 Å². The maximum absolute atomic E-state index is 11.3. The van der Waals surface area contributed by atoms with Crippen LogP contribution in [-0.4, -0.2) is 62.2 Å². The average molecular weight is 268 g/mol. The van der Waals surface area contributed by atoms with Crippen molar-refractivity contribution in [3.05, 3.63) is 0 Å². The predicted molar refractivity (Wildman–Crippen MR) is 75.5 cm³/mol. The summed E-state index contributed by atoms with van der Waals surface area (Å²) in [6.45, 7) is 4.29. The fourth-order valence-corrected chi connectivity index (χ4v) is 2.37. The lowest BCUT2D eigenvalue weighted by atomic mass is 9.87. The molecule has 1 saturated heterocycles. The smallest absolute Gasteiger partial charge is 0.323 e. The first kappa shape index (κ1) is 16.5. The minimum absolute atomic E-state index is 0.503. The summed E-state index contributed by atoms with van der Waals surface area (Å²) in [6.07, 6.45) is 4.02. The van der Waals surface area contributed by atoms with E-state index in [9.17, 15) is 9.90 Å². The highest BCUT2D eigenvalue weighted by Crippen LogP contribution is 2.19. The van der Waals surface area contributed by atoms with Gasteiger partial charge in [0.25, 0.3) is 0 Å². The quantitative estimate of drug-likeness (QED) is 0.474. The largest absolute Gasteiger partial charge is 0.480 e. The monoisotopic (exact) mass is 268 g/mol. The van der Waals surface area contributed by atoms with Crippen LogP contribution < -0.4 is 5.73 Å². The Morgan fingerprint density at radius 3 is 2.47 bits per heavy atom. The van der Waals surface area contributed by atoms with E-state index in [-0.39, 0.29) is 0 Å². The number of nitrogens with two attached hydrogens (primary N) is 1. The molecule has 1 aliphatic rings. The molecule has 1 unspecified atom stereocenters. The van der Waals surface area contributed by atoms with E-state index in [2.05, 4.69) is 4.90 Å². The standard InChI is InChI=1S/C13H25BN2O3/c14-6-2-1-4-13(15,12(17)18)5-3-7-16-8-10-19-11-9-16/h1-11,15H2,(H,17,18). The van der Waals surface area contributed by atoms with E-state index in [1.54, 1.807) is 0 Å². The molecule has 1 heterocycles. The van der Waals surface area contributed by atoms with Gasteiger partial charge in [0.1, 0.15) is 5.54 Å². The maximum Gasteiger partial charge on any atom is 0.323 e. The molecule has 2 radical (unpaired) electrons. The van der Waals surface area contributed by atoms with Gasteiger partial charge in [-0.25, -0.2) is 0 Å². The molecule has 0 aromatic carbocycles. The summed E-state index contributed by atoms with van der Waals surface area (Å²) in [4.78, 5) is 13.6. The molecular formula is C13H25BN2O3. The number of unbranched alkanes of at least 4 members (excludes halogenated alkanes) is 1.